The predicted octanol–water partition coefficient (Wildman–Crippen LogP) is 3.63. The maximum atomic E-state index is 13.1. The number of nitrogens with zero attached hydrogens (tertiary/aromatic N) is 3. The third kappa shape index (κ3) is 4.20. The van der Waals surface area contributed by atoms with Crippen LogP contribution < -0.4 is 5.32 Å². The molecule has 0 aliphatic carbocycles. The molecular formula is C21H24FN5O. The lowest BCUT2D eigenvalue weighted by Crippen LogP contribution is -2.40. The Bertz CT molecular complexity index is 949. The van der Waals surface area contributed by atoms with Crippen LogP contribution in [0.2, 0.25) is 0 Å². The Balaban J connectivity index is 1.43. The smallest absolute Gasteiger partial charge is 0.228 e. The number of hydrogen-bond donors (Lipinski definition) is 2. The monoisotopic (exact) mass is 381 g/mol. The summed E-state index contributed by atoms with van der Waals surface area (Å²) in [5.41, 5.74) is 2.07. The SMILES string of the molecule is C[C@@H](F)CN1CCC(C(=O)Nc2cc3cc(-c4cn[nH]c4)ccc3cn2)CC1. The standard InChI is InChI=1S/C21H24FN5O/c1-14(22)13-27-6-4-15(5-7-27)21(28)26-20-9-18-8-16(19-11-24-25-12-19)2-3-17(18)10-23-20/h2-3,8-12,14-15H,4-7,13H2,1H3,(H,24,25)(H,23,26,28)/t14-/m1/s1. The number of rotatable bonds is 5. The number of aromatic amines is 1. The number of pyridine rings is 1. The number of H-pyrrole nitrogens is 1. The summed E-state index contributed by atoms with van der Waals surface area (Å²) in [5, 5.41) is 11.8. The summed E-state index contributed by atoms with van der Waals surface area (Å²) in [7, 11) is 0. The molecule has 1 amide bonds. The minimum atomic E-state index is -0.834. The molecule has 0 saturated carbocycles. The van der Waals surface area contributed by atoms with E-state index >= 15 is 0 Å². The van der Waals surface area contributed by atoms with Crippen LogP contribution in [0.1, 0.15) is 19.8 Å². The molecule has 28 heavy (non-hydrogen) atoms. The molecule has 1 aromatic carbocycles. The minimum Gasteiger partial charge on any atom is -0.310 e. The van der Waals surface area contributed by atoms with Gasteiger partial charge in [0, 0.05) is 35.8 Å². The zero-order valence-corrected chi connectivity index (χ0v) is 15.9. The third-order valence-electron chi connectivity index (χ3n) is 5.27. The molecule has 4 rings (SSSR count). The Morgan fingerprint density at radius 3 is 2.79 bits per heavy atom. The average molecular weight is 381 g/mol. The lowest BCUT2D eigenvalue weighted by molar-refractivity contribution is -0.121. The second-order valence-electron chi connectivity index (χ2n) is 7.46. The van der Waals surface area contributed by atoms with Crippen LogP contribution in [0.5, 0.6) is 0 Å². The highest BCUT2D eigenvalue weighted by Crippen LogP contribution is 2.25. The first-order chi connectivity index (χ1) is 13.6. The second kappa shape index (κ2) is 8.06. The zero-order valence-electron chi connectivity index (χ0n) is 15.9. The minimum absolute atomic E-state index is 0.00853. The maximum Gasteiger partial charge on any atom is 0.228 e. The Morgan fingerprint density at radius 2 is 2.07 bits per heavy atom. The summed E-state index contributed by atoms with van der Waals surface area (Å²) < 4.78 is 13.1. The van der Waals surface area contributed by atoms with Gasteiger partial charge >= 0.3 is 0 Å². The molecule has 0 radical (unpaired) electrons. The summed E-state index contributed by atoms with van der Waals surface area (Å²) in [4.78, 5) is 19.1. The highest BCUT2D eigenvalue weighted by Gasteiger charge is 2.25. The molecule has 6 nitrogen and oxygen atoms in total. The molecular weight excluding hydrogens is 357 g/mol. The molecule has 0 bridgehead atoms. The number of likely N-dealkylation sites (tertiary alicyclic amines) is 1. The number of aromatic nitrogens is 3. The largest absolute Gasteiger partial charge is 0.310 e. The number of carbonyl (C=O) groups is 1. The topological polar surface area (TPSA) is 73.9 Å². The summed E-state index contributed by atoms with van der Waals surface area (Å²) in [6.07, 6.45) is 6.06. The van der Waals surface area contributed by atoms with Gasteiger partial charge in [-0.1, -0.05) is 12.1 Å². The van der Waals surface area contributed by atoms with Crippen molar-refractivity contribution < 1.29 is 9.18 Å². The number of fused-ring (bicyclic) bond motifs is 1. The van der Waals surface area contributed by atoms with Gasteiger partial charge in [-0.25, -0.2) is 9.37 Å². The maximum absolute atomic E-state index is 13.1. The van der Waals surface area contributed by atoms with Crippen molar-refractivity contribution in [2.75, 3.05) is 25.0 Å². The molecule has 0 spiro atoms. The first-order valence-electron chi connectivity index (χ1n) is 9.65. The van der Waals surface area contributed by atoms with Crippen LogP contribution >= 0.6 is 0 Å². The van der Waals surface area contributed by atoms with E-state index in [2.05, 4.69) is 31.5 Å². The van der Waals surface area contributed by atoms with E-state index in [4.69, 9.17) is 0 Å². The first-order valence-corrected chi connectivity index (χ1v) is 9.65. The Kier molecular flexibility index (Phi) is 5.34. The fraction of sp³-hybridized carbons (Fsp3) is 0.381. The molecule has 1 aliphatic heterocycles. The second-order valence-corrected chi connectivity index (χ2v) is 7.46. The number of halogens is 1. The Labute approximate surface area is 163 Å². The summed E-state index contributed by atoms with van der Waals surface area (Å²) in [6, 6.07) is 8.00. The fourth-order valence-corrected chi connectivity index (χ4v) is 3.76. The number of carbonyl (C=O) groups excluding carboxylic acids is 1. The van der Waals surface area contributed by atoms with Gasteiger partial charge in [0.1, 0.15) is 12.0 Å². The van der Waals surface area contributed by atoms with E-state index in [1.165, 1.54) is 0 Å². The molecule has 2 N–H and O–H groups in total. The number of alkyl halides is 1. The molecule has 1 aliphatic rings. The molecule has 3 aromatic rings. The average Bonchev–Trinajstić information content (AvgIpc) is 3.22. The van der Waals surface area contributed by atoms with Crippen LogP contribution in [0.25, 0.3) is 21.9 Å². The van der Waals surface area contributed by atoms with Gasteiger partial charge in [-0.15, -0.1) is 0 Å². The van der Waals surface area contributed by atoms with E-state index in [0.29, 0.717) is 12.4 Å². The van der Waals surface area contributed by atoms with Gasteiger partial charge in [-0.3, -0.25) is 9.89 Å². The van der Waals surface area contributed by atoms with Crippen LogP contribution in [-0.4, -0.2) is 51.8 Å². The normalized spacial score (nSPS) is 16.9. The van der Waals surface area contributed by atoms with Gasteiger partial charge in [-0.2, -0.15) is 5.10 Å². The molecule has 1 atom stereocenters. The lowest BCUT2D eigenvalue weighted by Gasteiger charge is -2.31. The van der Waals surface area contributed by atoms with E-state index in [1.807, 2.05) is 24.4 Å². The summed E-state index contributed by atoms with van der Waals surface area (Å²) in [6.45, 7) is 3.53. The van der Waals surface area contributed by atoms with Crippen LogP contribution in [0.15, 0.2) is 42.9 Å². The van der Waals surface area contributed by atoms with Crippen molar-refractivity contribution >= 4 is 22.5 Å². The Morgan fingerprint density at radius 1 is 1.25 bits per heavy atom. The lowest BCUT2D eigenvalue weighted by atomic mass is 9.95. The van der Waals surface area contributed by atoms with E-state index in [1.54, 1.807) is 19.3 Å². The molecule has 1 fully saturated rings. The van der Waals surface area contributed by atoms with E-state index in [9.17, 15) is 9.18 Å². The third-order valence-corrected chi connectivity index (χ3v) is 5.27. The molecule has 3 heterocycles. The van der Waals surface area contributed by atoms with E-state index in [-0.39, 0.29) is 11.8 Å². The van der Waals surface area contributed by atoms with Crippen molar-refractivity contribution in [1.82, 2.24) is 20.1 Å². The van der Waals surface area contributed by atoms with Crippen LogP contribution in [-0.2, 0) is 4.79 Å². The van der Waals surface area contributed by atoms with Gasteiger partial charge in [0.25, 0.3) is 0 Å². The number of benzene rings is 1. The summed E-state index contributed by atoms with van der Waals surface area (Å²) >= 11 is 0. The summed E-state index contributed by atoms with van der Waals surface area (Å²) in [5.74, 6) is 0.494. The highest BCUT2D eigenvalue weighted by atomic mass is 19.1. The van der Waals surface area contributed by atoms with Crippen LogP contribution in [0, 0.1) is 5.92 Å². The fourth-order valence-electron chi connectivity index (χ4n) is 3.76. The highest BCUT2D eigenvalue weighted by molar-refractivity contribution is 5.95. The van der Waals surface area contributed by atoms with E-state index in [0.717, 1.165) is 47.8 Å². The predicted molar refractivity (Wildman–Crippen MR) is 108 cm³/mol. The quantitative estimate of drug-likeness (QED) is 0.708. The van der Waals surface area contributed by atoms with Gasteiger partial charge in [0.05, 0.1) is 6.20 Å². The molecule has 0 unspecified atom stereocenters. The van der Waals surface area contributed by atoms with Crippen molar-refractivity contribution in [3.63, 3.8) is 0 Å². The molecule has 7 heteroatoms. The van der Waals surface area contributed by atoms with Crippen molar-refractivity contribution in [2.45, 2.75) is 25.9 Å². The molecule has 2 aromatic heterocycles. The van der Waals surface area contributed by atoms with Crippen LogP contribution in [0.4, 0.5) is 10.2 Å². The van der Waals surface area contributed by atoms with Gasteiger partial charge in [0.15, 0.2) is 0 Å². The van der Waals surface area contributed by atoms with E-state index < -0.39 is 6.17 Å². The number of hydrogen-bond acceptors (Lipinski definition) is 4. The number of anilines is 1. The number of amides is 1. The first kappa shape index (κ1) is 18.6. The number of piperidine rings is 1. The Hall–Kier alpha value is -2.80. The van der Waals surface area contributed by atoms with Gasteiger partial charge < -0.3 is 10.2 Å². The molecule has 146 valence electrons. The van der Waals surface area contributed by atoms with Gasteiger partial charge in [0.2, 0.25) is 5.91 Å². The van der Waals surface area contributed by atoms with Crippen molar-refractivity contribution in [2.24, 2.45) is 5.92 Å². The molecule has 1 saturated heterocycles. The van der Waals surface area contributed by atoms with Crippen molar-refractivity contribution in [3.8, 4) is 11.1 Å². The number of nitrogens with one attached hydrogen (secondary N) is 2. The zero-order chi connectivity index (χ0) is 19.5. The van der Waals surface area contributed by atoms with Crippen LogP contribution in [0.3, 0.4) is 0 Å². The van der Waals surface area contributed by atoms with Gasteiger partial charge in [-0.05, 0) is 55.9 Å². The van der Waals surface area contributed by atoms with Crippen molar-refractivity contribution in [1.29, 1.82) is 0 Å². The van der Waals surface area contributed by atoms with Crippen molar-refractivity contribution in [3.05, 3.63) is 42.9 Å².